The number of hydrogen-bond donors (Lipinski definition) is 2. The Kier molecular flexibility index (Phi) is 3.87. The average molecular weight is 339 g/mol. The summed E-state index contributed by atoms with van der Waals surface area (Å²) in [5, 5.41) is 13.4. The Morgan fingerprint density at radius 2 is 1.92 bits per heavy atom. The Balaban J connectivity index is 1.32. The first-order chi connectivity index (χ1) is 12.3. The topological polar surface area (TPSA) is 123 Å². The van der Waals surface area contributed by atoms with Gasteiger partial charge in [0.25, 0.3) is 5.91 Å². The van der Waals surface area contributed by atoms with Crippen LogP contribution in [0.2, 0.25) is 0 Å². The molecule has 126 valence electrons. The molecule has 0 aliphatic rings. The molecule has 0 radical (unpaired) electrons. The summed E-state index contributed by atoms with van der Waals surface area (Å²) < 4.78 is 15.5. The summed E-state index contributed by atoms with van der Waals surface area (Å²) in [6, 6.07) is 8.52. The van der Waals surface area contributed by atoms with E-state index in [1.165, 1.54) is 12.3 Å². The molecule has 1 amide bonds. The van der Waals surface area contributed by atoms with Crippen molar-refractivity contribution < 1.29 is 18.2 Å². The summed E-state index contributed by atoms with van der Waals surface area (Å²) in [5.41, 5.74) is 0.181. The minimum Gasteiger partial charge on any atom is -0.461 e. The quantitative estimate of drug-likeness (QED) is 0.552. The van der Waals surface area contributed by atoms with Crippen LogP contribution in [0.25, 0.3) is 23.1 Å². The normalized spacial score (nSPS) is 10.9. The zero-order valence-electron chi connectivity index (χ0n) is 12.9. The van der Waals surface area contributed by atoms with Crippen molar-refractivity contribution in [2.24, 2.45) is 0 Å². The van der Waals surface area contributed by atoms with Crippen molar-refractivity contribution >= 4 is 5.91 Å². The van der Waals surface area contributed by atoms with Gasteiger partial charge in [-0.1, -0.05) is 5.16 Å². The Hall–Kier alpha value is -3.62. The highest BCUT2D eigenvalue weighted by molar-refractivity contribution is 5.92. The molecule has 0 aliphatic heterocycles. The highest BCUT2D eigenvalue weighted by Crippen LogP contribution is 2.20. The molecule has 4 rings (SSSR count). The molecule has 2 N–H and O–H groups in total. The van der Waals surface area contributed by atoms with E-state index < -0.39 is 0 Å². The molecule has 0 bridgehead atoms. The van der Waals surface area contributed by atoms with E-state index in [9.17, 15) is 4.79 Å². The maximum absolute atomic E-state index is 12.1. The number of rotatable bonds is 6. The minimum absolute atomic E-state index is 0.181. The van der Waals surface area contributed by atoms with E-state index in [0.29, 0.717) is 41.9 Å². The number of H-pyrrole nitrogens is 1. The maximum atomic E-state index is 12.1. The number of furan rings is 2. The van der Waals surface area contributed by atoms with E-state index in [1.54, 1.807) is 30.5 Å². The molecule has 0 saturated carbocycles. The van der Waals surface area contributed by atoms with Crippen LogP contribution in [0.5, 0.6) is 0 Å². The third-order valence-electron chi connectivity index (χ3n) is 3.43. The van der Waals surface area contributed by atoms with E-state index in [1.807, 2.05) is 0 Å². The number of carbonyl (C=O) groups is 1. The molecule has 25 heavy (non-hydrogen) atoms. The molecule has 0 atom stereocenters. The fraction of sp³-hybridized carbons (Fsp3) is 0.125. The van der Waals surface area contributed by atoms with Crippen molar-refractivity contribution in [2.45, 2.75) is 6.42 Å². The van der Waals surface area contributed by atoms with Gasteiger partial charge in [0.15, 0.2) is 17.2 Å². The molecule has 9 nitrogen and oxygen atoms in total. The molecule has 0 aromatic carbocycles. The van der Waals surface area contributed by atoms with Crippen molar-refractivity contribution in [3.63, 3.8) is 0 Å². The lowest BCUT2D eigenvalue weighted by Crippen LogP contribution is -2.26. The van der Waals surface area contributed by atoms with Crippen LogP contribution in [-0.4, -0.2) is 32.8 Å². The van der Waals surface area contributed by atoms with E-state index in [4.69, 9.17) is 13.4 Å². The molecule has 0 aliphatic carbocycles. The van der Waals surface area contributed by atoms with E-state index in [2.05, 4.69) is 25.7 Å². The summed E-state index contributed by atoms with van der Waals surface area (Å²) in [4.78, 5) is 16.4. The highest BCUT2D eigenvalue weighted by atomic mass is 16.5. The molecule has 4 aromatic heterocycles. The first-order valence-corrected chi connectivity index (χ1v) is 7.53. The largest absolute Gasteiger partial charge is 0.461 e. The smallest absolute Gasteiger partial charge is 0.273 e. The average Bonchev–Trinajstić information content (AvgIpc) is 3.42. The number of carbonyl (C=O) groups excluding carboxylic acids is 1. The van der Waals surface area contributed by atoms with Crippen molar-refractivity contribution in [1.82, 2.24) is 25.7 Å². The van der Waals surface area contributed by atoms with Crippen LogP contribution in [0.15, 0.2) is 56.2 Å². The van der Waals surface area contributed by atoms with E-state index in [-0.39, 0.29) is 11.6 Å². The number of aromatic amines is 1. The second kappa shape index (κ2) is 6.48. The van der Waals surface area contributed by atoms with Crippen molar-refractivity contribution in [2.75, 3.05) is 6.54 Å². The van der Waals surface area contributed by atoms with Gasteiger partial charge in [0.2, 0.25) is 11.6 Å². The van der Waals surface area contributed by atoms with Crippen LogP contribution >= 0.6 is 0 Å². The van der Waals surface area contributed by atoms with Gasteiger partial charge >= 0.3 is 0 Å². The zero-order valence-corrected chi connectivity index (χ0v) is 12.9. The maximum Gasteiger partial charge on any atom is 0.273 e. The Morgan fingerprint density at radius 3 is 2.68 bits per heavy atom. The predicted molar refractivity (Wildman–Crippen MR) is 84.3 cm³/mol. The molecule has 0 spiro atoms. The van der Waals surface area contributed by atoms with E-state index >= 15 is 0 Å². The summed E-state index contributed by atoms with van der Waals surface area (Å²) in [5.74, 6) is 2.27. The lowest BCUT2D eigenvalue weighted by atomic mass is 10.3. The molecular formula is C16H13N5O4. The van der Waals surface area contributed by atoms with Crippen LogP contribution < -0.4 is 5.32 Å². The second-order valence-corrected chi connectivity index (χ2v) is 5.14. The Bertz CT molecular complexity index is 953. The number of hydrogen-bond acceptors (Lipinski definition) is 7. The molecule has 0 unspecified atom stereocenters. The standard InChI is InChI=1S/C16H13N5O4/c22-16(10-9-13(25-21-10)11-3-1-7-23-11)17-6-5-14-18-15(20-19-14)12-4-2-8-24-12/h1-4,7-9H,5-6H2,(H,17,22)(H,18,19,20). The van der Waals surface area contributed by atoms with Gasteiger partial charge in [0.05, 0.1) is 12.5 Å². The molecule has 9 heteroatoms. The lowest BCUT2D eigenvalue weighted by Gasteiger charge is -1.99. The van der Waals surface area contributed by atoms with Crippen molar-refractivity contribution in [3.8, 4) is 23.1 Å². The predicted octanol–water partition coefficient (Wildman–Crippen LogP) is 2.29. The van der Waals surface area contributed by atoms with Gasteiger partial charge in [-0.3, -0.25) is 9.89 Å². The Morgan fingerprint density at radius 1 is 1.12 bits per heavy atom. The van der Waals surface area contributed by atoms with Gasteiger partial charge in [-0.15, -0.1) is 0 Å². The van der Waals surface area contributed by atoms with Gasteiger partial charge < -0.3 is 18.7 Å². The second-order valence-electron chi connectivity index (χ2n) is 5.14. The molecule has 0 saturated heterocycles. The number of nitrogens with zero attached hydrogens (tertiary/aromatic N) is 3. The van der Waals surface area contributed by atoms with Gasteiger partial charge in [-0.25, -0.2) is 4.98 Å². The van der Waals surface area contributed by atoms with E-state index in [0.717, 1.165) is 0 Å². The fourth-order valence-electron chi connectivity index (χ4n) is 2.23. The van der Waals surface area contributed by atoms with Gasteiger partial charge in [-0.2, -0.15) is 5.10 Å². The van der Waals surface area contributed by atoms with Crippen LogP contribution in [0.4, 0.5) is 0 Å². The van der Waals surface area contributed by atoms with Crippen LogP contribution in [-0.2, 0) is 6.42 Å². The van der Waals surface area contributed by atoms with Gasteiger partial charge in [-0.05, 0) is 24.3 Å². The summed E-state index contributed by atoms with van der Waals surface area (Å²) in [6.45, 7) is 0.370. The molecular weight excluding hydrogens is 326 g/mol. The van der Waals surface area contributed by atoms with Crippen LogP contribution in [0, 0.1) is 0 Å². The lowest BCUT2D eigenvalue weighted by molar-refractivity contribution is 0.0945. The third-order valence-corrected chi connectivity index (χ3v) is 3.43. The first kappa shape index (κ1) is 14.9. The fourth-order valence-corrected chi connectivity index (χ4v) is 2.23. The molecule has 0 fully saturated rings. The van der Waals surface area contributed by atoms with Crippen molar-refractivity contribution in [3.05, 3.63) is 54.4 Å². The zero-order chi connectivity index (χ0) is 17.1. The SMILES string of the molecule is O=C(NCCc1nc(-c2ccco2)n[nH]1)c1cc(-c2ccco2)on1. The summed E-state index contributed by atoms with van der Waals surface area (Å²) in [6.07, 6.45) is 3.56. The summed E-state index contributed by atoms with van der Waals surface area (Å²) >= 11 is 0. The van der Waals surface area contributed by atoms with Gasteiger partial charge in [0.1, 0.15) is 5.82 Å². The Labute approximate surface area is 141 Å². The number of amides is 1. The number of nitrogens with one attached hydrogen (secondary N) is 2. The van der Waals surface area contributed by atoms with Gasteiger partial charge in [0, 0.05) is 19.0 Å². The molecule has 4 aromatic rings. The van der Waals surface area contributed by atoms with Crippen molar-refractivity contribution in [1.29, 1.82) is 0 Å². The minimum atomic E-state index is -0.340. The first-order valence-electron chi connectivity index (χ1n) is 7.53. The highest BCUT2D eigenvalue weighted by Gasteiger charge is 2.15. The van der Waals surface area contributed by atoms with Crippen LogP contribution in [0.3, 0.4) is 0 Å². The van der Waals surface area contributed by atoms with Crippen LogP contribution in [0.1, 0.15) is 16.3 Å². The molecule has 4 heterocycles. The summed E-state index contributed by atoms with van der Waals surface area (Å²) in [7, 11) is 0. The monoisotopic (exact) mass is 339 g/mol. The number of aromatic nitrogens is 4. The third kappa shape index (κ3) is 3.20.